The highest BCUT2D eigenvalue weighted by Gasteiger charge is 2.22. The lowest BCUT2D eigenvalue weighted by molar-refractivity contribution is -0.393. The summed E-state index contributed by atoms with van der Waals surface area (Å²) in [6.07, 6.45) is 1.54. The Morgan fingerprint density at radius 3 is 2.52 bits per heavy atom. The lowest BCUT2D eigenvalue weighted by atomic mass is 10.2. The lowest BCUT2D eigenvalue weighted by Crippen LogP contribution is -2.09. The van der Waals surface area contributed by atoms with Crippen molar-refractivity contribution in [1.82, 2.24) is 4.98 Å². The highest BCUT2D eigenvalue weighted by molar-refractivity contribution is 5.65. The quantitative estimate of drug-likeness (QED) is 0.663. The Bertz CT molecular complexity index is 697. The van der Waals surface area contributed by atoms with Crippen molar-refractivity contribution >= 4 is 17.1 Å². The van der Waals surface area contributed by atoms with Gasteiger partial charge in [-0.2, -0.15) is 0 Å². The third-order valence-corrected chi connectivity index (χ3v) is 2.77. The fourth-order valence-electron chi connectivity index (χ4n) is 1.77. The number of aromatic nitrogens is 1. The van der Waals surface area contributed by atoms with E-state index in [1.54, 1.807) is 13.8 Å². The number of nitro benzene ring substituents is 2. The molecule has 0 amide bonds. The smallest absolute Gasteiger partial charge is 0.299 e. The van der Waals surface area contributed by atoms with Crippen LogP contribution in [-0.4, -0.2) is 14.8 Å². The van der Waals surface area contributed by atoms with E-state index in [0.29, 0.717) is 11.7 Å². The maximum Gasteiger partial charge on any atom is 0.299 e. The monoisotopic (exact) mass is 292 g/mol. The Hall–Kier alpha value is -2.97. The number of benzene rings is 1. The summed E-state index contributed by atoms with van der Waals surface area (Å²) in [5.74, 6) is 0.997. The van der Waals surface area contributed by atoms with Crippen LogP contribution in [0.2, 0.25) is 0 Å². The van der Waals surface area contributed by atoms with Gasteiger partial charge in [0.05, 0.1) is 22.1 Å². The Morgan fingerprint density at radius 2 is 2.00 bits per heavy atom. The minimum Gasteiger partial charge on any atom is -0.444 e. The zero-order chi connectivity index (χ0) is 15.6. The molecule has 0 bridgehead atoms. The van der Waals surface area contributed by atoms with Crippen LogP contribution in [0, 0.1) is 27.2 Å². The molecule has 1 aromatic heterocycles. The van der Waals surface area contributed by atoms with E-state index < -0.39 is 15.9 Å². The van der Waals surface area contributed by atoms with Crippen LogP contribution in [0.4, 0.5) is 17.1 Å². The molecule has 21 heavy (non-hydrogen) atoms. The molecule has 9 heteroatoms. The van der Waals surface area contributed by atoms with Crippen LogP contribution in [0.3, 0.4) is 0 Å². The molecular formula is C12H12N4O5. The van der Waals surface area contributed by atoms with E-state index in [4.69, 9.17) is 4.42 Å². The third kappa shape index (κ3) is 3.14. The number of nitro groups is 2. The van der Waals surface area contributed by atoms with E-state index >= 15 is 0 Å². The molecule has 1 aromatic carbocycles. The van der Waals surface area contributed by atoms with Crippen molar-refractivity contribution in [3.8, 4) is 0 Å². The van der Waals surface area contributed by atoms with E-state index in [0.717, 1.165) is 6.07 Å². The molecule has 0 spiro atoms. The molecule has 1 heterocycles. The van der Waals surface area contributed by atoms with Crippen LogP contribution < -0.4 is 5.32 Å². The predicted molar refractivity (Wildman–Crippen MR) is 73.0 cm³/mol. The Kier molecular flexibility index (Phi) is 3.83. The Morgan fingerprint density at radius 1 is 1.29 bits per heavy atom. The van der Waals surface area contributed by atoms with Crippen molar-refractivity contribution in [2.75, 3.05) is 5.32 Å². The first-order valence-electron chi connectivity index (χ1n) is 6.00. The summed E-state index contributed by atoms with van der Waals surface area (Å²) < 4.78 is 5.33. The number of aryl methyl sites for hydroxylation is 1. The topological polar surface area (TPSA) is 124 Å². The summed E-state index contributed by atoms with van der Waals surface area (Å²) >= 11 is 0. The summed E-state index contributed by atoms with van der Waals surface area (Å²) in [5.41, 5.74) is -0.555. The first-order valence-corrected chi connectivity index (χ1v) is 6.00. The molecule has 9 nitrogen and oxygen atoms in total. The van der Waals surface area contributed by atoms with Gasteiger partial charge in [0.1, 0.15) is 17.5 Å². The predicted octanol–water partition coefficient (Wildman–Crippen LogP) is 2.97. The Labute approximate surface area is 118 Å². The molecule has 2 rings (SSSR count). The lowest BCUT2D eigenvalue weighted by Gasteiger charge is -2.11. The molecule has 0 fully saturated rings. The van der Waals surface area contributed by atoms with Gasteiger partial charge in [-0.3, -0.25) is 20.2 Å². The number of anilines is 1. The van der Waals surface area contributed by atoms with Crippen LogP contribution in [0.1, 0.15) is 24.6 Å². The minimum absolute atomic E-state index is 0.161. The van der Waals surface area contributed by atoms with Crippen LogP contribution in [0.5, 0.6) is 0 Å². The fourth-order valence-corrected chi connectivity index (χ4v) is 1.77. The van der Waals surface area contributed by atoms with Gasteiger partial charge in [-0.1, -0.05) is 0 Å². The molecule has 0 saturated carbocycles. The molecule has 0 aliphatic carbocycles. The van der Waals surface area contributed by atoms with Crippen molar-refractivity contribution in [2.24, 2.45) is 0 Å². The van der Waals surface area contributed by atoms with E-state index in [1.807, 2.05) is 0 Å². The van der Waals surface area contributed by atoms with Gasteiger partial charge in [-0.05, 0) is 19.9 Å². The molecule has 1 unspecified atom stereocenters. The number of oxazole rings is 1. The number of hydrogen-bond donors (Lipinski definition) is 1. The third-order valence-electron chi connectivity index (χ3n) is 2.77. The molecule has 110 valence electrons. The largest absolute Gasteiger partial charge is 0.444 e. The molecule has 0 aliphatic rings. The van der Waals surface area contributed by atoms with Crippen LogP contribution in [0.15, 0.2) is 28.8 Å². The van der Waals surface area contributed by atoms with Gasteiger partial charge in [0.25, 0.3) is 11.4 Å². The van der Waals surface area contributed by atoms with Gasteiger partial charge in [0, 0.05) is 6.07 Å². The van der Waals surface area contributed by atoms with E-state index in [1.165, 1.54) is 18.3 Å². The first kappa shape index (κ1) is 14.4. The van der Waals surface area contributed by atoms with Crippen molar-refractivity contribution in [2.45, 2.75) is 19.9 Å². The van der Waals surface area contributed by atoms with Crippen molar-refractivity contribution < 1.29 is 14.3 Å². The van der Waals surface area contributed by atoms with E-state index in [-0.39, 0.29) is 17.1 Å². The normalized spacial score (nSPS) is 11.9. The fraction of sp³-hybridized carbons (Fsp3) is 0.250. The summed E-state index contributed by atoms with van der Waals surface area (Å²) in [7, 11) is 0. The summed E-state index contributed by atoms with van der Waals surface area (Å²) in [4.78, 5) is 24.4. The highest BCUT2D eigenvalue weighted by atomic mass is 16.6. The number of nitrogens with zero attached hydrogens (tertiary/aromatic N) is 3. The maximum atomic E-state index is 11.0. The zero-order valence-corrected chi connectivity index (χ0v) is 11.3. The zero-order valence-electron chi connectivity index (χ0n) is 11.3. The molecule has 1 N–H and O–H groups in total. The van der Waals surface area contributed by atoms with Gasteiger partial charge in [0.15, 0.2) is 0 Å². The molecule has 0 radical (unpaired) electrons. The second-order valence-corrected chi connectivity index (χ2v) is 4.39. The molecule has 2 aromatic rings. The summed E-state index contributed by atoms with van der Waals surface area (Å²) in [6.45, 7) is 3.45. The SMILES string of the molecule is Cc1cnc(C(C)Nc2ccc([N+](=O)[O-])cc2[N+](=O)[O-])o1. The Balaban J connectivity index is 2.31. The summed E-state index contributed by atoms with van der Waals surface area (Å²) in [5, 5.41) is 24.6. The molecule has 0 saturated heterocycles. The van der Waals surface area contributed by atoms with E-state index in [2.05, 4.69) is 10.3 Å². The average molecular weight is 292 g/mol. The highest BCUT2D eigenvalue weighted by Crippen LogP contribution is 2.31. The van der Waals surface area contributed by atoms with Crippen molar-refractivity contribution in [3.63, 3.8) is 0 Å². The van der Waals surface area contributed by atoms with Gasteiger partial charge in [0.2, 0.25) is 5.89 Å². The molecule has 1 atom stereocenters. The summed E-state index contributed by atoms with van der Waals surface area (Å²) in [6, 6.07) is 2.99. The van der Waals surface area contributed by atoms with Gasteiger partial charge in [-0.15, -0.1) is 0 Å². The number of rotatable bonds is 5. The minimum atomic E-state index is -0.683. The van der Waals surface area contributed by atoms with Crippen LogP contribution in [0.25, 0.3) is 0 Å². The second kappa shape index (κ2) is 5.57. The average Bonchev–Trinajstić information content (AvgIpc) is 2.85. The number of hydrogen-bond acceptors (Lipinski definition) is 7. The maximum absolute atomic E-state index is 11.0. The van der Waals surface area contributed by atoms with Gasteiger partial charge >= 0.3 is 0 Å². The van der Waals surface area contributed by atoms with Gasteiger partial charge < -0.3 is 9.73 Å². The van der Waals surface area contributed by atoms with Gasteiger partial charge in [-0.25, -0.2) is 4.98 Å². The van der Waals surface area contributed by atoms with Crippen molar-refractivity contribution in [3.05, 3.63) is 56.3 Å². The molecular weight excluding hydrogens is 280 g/mol. The van der Waals surface area contributed by atoms with Crippen molar-refractivity contribution in [1.29, 1.82) is 0 Å². The molecule has 0 aliphatic heterocycles. The second-order valence-electron chi connectivity index (χ2n) is 4.39. The van der Waals surface area contributed by atoms with Crippen LogP contribution in [-0.2, 0) is 0 Å². The van der Waals surface area contributed by atoms with Crippen LogP contribution >= 0.6 is 0 Å². The standard InChI is InChI=1S/C12H12N4O5/c1-7-6-13-12(21-7)8(2)14-10-4-3-9(15(17)18)5-11(10)16(19)20/h3-6,8,14H,1-2H3. The number of non-ortho nitro benzene ring substituents is 1. The van der Waals surface area contributed by atoms with E-state index in [9.17, 15) is 20.2 Å². The number of nitrogens with one attached hydrogen (secondary N) is 1. The first-order chi connectivity index (χ1) is 9.88.